The Morgan fingerprint density at radius 1 is 1.22 bits per heavy atom. The molecule has 2 atom stereocenters. The highest BCUT2D eigenvalue weighted by molar-refractivity contribution is 5.96. The summed E-state index contributed by atoms with van der Waals surface area (Å²) in [5.41, 5.74) is 6.96. The van der Waals surface area contributed by atoms with E-state index in [0.717, 1.165) is 30.2 Å². The number of hydrogen-bond donors (Lipinski definition) is 5. The zero-order valence-electron chi connectivity index (χ0n) is 21.2. The average Bonchev–Trinajstić information content (AvgIpc) is 3.49. The Morgan fingerprint density at radius 2 is 2.05 bits per heavy atom. The molecule has 2 aromatic rings. The van der Waals surface area contributed by atoms with E-state index in [1.165, 1.54) is 32.0 Å². The molecular formula is C25H33N11O. The molecule has 0 aromatic carbocycles. The maximum atomic E-state index is 12.9. The highest BCUT2D eigenvalue weighted by atomic mass is 16.1. The third-order valence-electron chi connectivity index (χ3n) is 7.64. The summed E-state index contributed by atoms with van der Waals surface area (Å²) < 4.78 is 0. The number of anilines is 3. The summed E-state index contributed by atoms with van der Waals surface area (Å²) in [6, 6.07) is 0.0203. The summed E-state index contributed by atoms with van der Waals surface area (Å²) in [7, 11) is 1.91. The average molecular weight is 504 g/mol. The monoisotopic (exact) mass is 503 g/mol. The number of rotatable bonds is 8. The number of likely N-dealkylation sites (tertiary alicyclic amines) is 1. The number of carbonyl (C=O) groups is 1. The predicted molar refractivity (Wildman–Crippen MR) is 139 cm³/mol. The molecule has 12 nitrogen and oxygen atoms in total. The molecule has 4 aliphatic rings. The van der Waals surface area contributed by atoms with Crippen molar-refractivity contribution in [1.82, 2.24) is 46.2 Å². The Bertz CT molecular complexity index is 1230. The number of amides is 1. The fraction of sp³-hybridized carbons (Fsp3) is 0.480. The lowest BCUT2D eigenvalue weighted by Crippen LogP contribution is -2.43. The van der Waals surface area contributed by atoms with Crippen LogP contribution in [-0.2, 0) is 4.79 Å². The van der Waals surface area contributed by atoms with Gasteiger partial charge < -0.3 is 21.3 Å². The second-order valence-electron chi connectivity index (χ2n) is 10.1. The van der Waals surface area contributed by atoms with Crippen molar-refractivity contribution in [3.63, 3.8) is 0 Å². The topological polar surface area (TPSA) is 135 Å². The highest BCUT2D eigenvalue weighted by Crippen LogP contribution is 2.49. The van der Waals surface area contributed by atoms with Crippen LogP contribution in [0.3, 0.4) is 0 Å². The van der Waals surface area contributed by atoms with E-state index < -0.39 is 0 Å². The Morgan fingerprint density at radius 3 is 2.86 bits per heavy atom. The van der Waals surface area contributed by atoms with Gasteiger partial charge in [-0.2, -0.15) is 4.98 Å². The first kappa shape index (κ1) is 23.6. The maximum absolute atomic E-state index is 12.9. The Labute approximate surface area is 216 Å². The van der Waals surface area contributed by atoms with Gasteiger partial charge in [-0.25, -0.2) is 20.4 Å². The van der Waals surface area contributed by atoms with Crippen molar-refractivity contribution < 1.29 is 4.79 Å². The van der Waals surface area contributed by atoms with Crippen LogP contribution in [0.2, 0.25) is 0 Å². The second kappa shape index (κ2) is 9.60. The molecule has 2 fully saturated rings. The number of hydrogen-bond acceptors (Lipinski definition) is 11. The molecule has 0 bridgehead atoms. The molecule has 12 heteroatoms. The van der Waals surface area contributed by atoms with Crippen LogP contribution in [0.15, 0.2) is 48.5 Å². The van der Waals surface area contributed by atoms with Gasteiger partial charge in [0, 0.05) is 43.8 Å². The molecule has 194 valence electrons. The van der Waals surface area contributed by atoms with Crippen molar-refractivity contribution >= 4 is 23.4 Å². The summed E-state index contributed by atoms with van der Waals surface area (Å²) >= 11 is 0. The minimum absolute atomic E-state index is 0.0203. The van der Waals surface area contributed by atoms with E-state index in [2.05, 4.69) is 58.5 Å². The molecule has 1 saturated heterocycles. The molecule has 1 spiro atoms. The number of dihydropyridines is 1. The van der Waals surface area contributed by atoms with Crippen molar-refractivity contribution in [3.05, 3.63) is 54.0 Å². The van der Waals surface area contributed by atoms with Gasteiger partial charge in [-0.05, 0) is 45.2 Å². The van der Waals surface area contributed by atoms with Gasteiger partial charge in [0.15, 0.2) is 5.82 Å². The molecule has 1 saturated carbocycles. The van der Waals surface area contributed by atoms with Crippen molar-refractivity contribution in [2.75, 3.05) is 37.0 Å². The van der Waals surface area contributed by atoms with Gasteiger partial charge in [0.2, 0.25) is 5.95 Å². The SMILES string of the molecule is CC1NC=C(C(=O)NCCN2CCCC23CC3)C=C1NC1NN(C)c2nc(Nc3cncnc3)ncc21. The minimum atomic E-state index is -0.239. The molecule has 2 unspecified atom stereocenters. The molecule has 2 aromatic heterocycles. The Hall–Kier alpha value is -3.77. The van der Waals surface area contributed by atoms with Gasteiger partial charge in [0.25, 0.3) is 5.91 Å². The van der Waals surface area contributed by atoms with Crippen LogP contribution in [0, 0.1) is 0 Å². The summed E-state index contributed by atoms with van der Waals surface area (Å²) in [5.74, 6) is 1.15. The van der Waals surface area contributed by atoms with E-state index in [4.69, 9.17) is 0 Å². The molecule has 1 aliphatic carbocycles. The van der Waals surface area contributed by atoms with Crippen molar-refractivity contribution in [2.24, 2.45) is 0 Å². The predicted octanol–water partition coefficient (Wildman–Crippen LogP) is 1.06. The number of carbonyl (C=O) groups excluding carboxylic acids is 1. The molecule has 3 aliphatic heterocycles. The van der Waals surface area contributed by atoms with E-state index in [-0.39, 0.29) is 18.1 Å². The molecular weight excluding hydrogens is 470 g/mol. The van der Waals surface area contributed by atoms with E-state index in [1.807, 2.05) is 18.1 Å². The van der Waals surface area contributed by atoms with Gasteiger partial charge in [-0.3, -0.25) is 14.7 Å². The summed E-state index contributed by atoms with van der Waals surface area (Å²) in [6.45, 7) is 4.78. The second-order valence-corrected chi connectivity index (χ2v) is 10.1. The van der Waals surface area contributed by atoms with Crippen molar-refractivity contribution in [3.8, 4) is 0 Å². The van der Waals surface area contributed by atoms with Crippen LogP contribution in [0.25, 0.3) is 0 Å². The first-order valence-corrected chi connectivity index (χ1v) is 12.9. The smallest absolute Gasteiger partial charge is 0.252 e. The van der Waals surface area contributed by atoms with Gasteiger partial charge in [0.1, 0.15) is 12.5 Å². The maximum Gasteiger partial charge on any atom is 0.252 e. The normalized spacial score (nSPS) is 23.7. The van der Waals surface area contributed by atoms with Gasteiger partial charge in [-0.1, -0.05) is 0 Å². The van der Waals surface area contributed by atoms with Crippen LogP contribution < -0.4 is 31.7 Å². The van der Waals surface area contributed by atoms with Crippen LogP contribution in [0.4, 0.5) is 17.5 Å². The number of nitrogens with zero attached hydrogens (tertiary/aromatic N) is 6. The van der Waals surface area contributed by atoms with Crippen LogP contribution in [0.5, 0.6) is 0 Å². The Kier molecular flexibility index (Phi) is 6.13. The molecule has 5 heterocycles. The molecule has 6 rings (SSSR count). The van der Waals surface area contributed by atoms with E-state index >= 15 is 0 Å². The van der Waals surface area contributed by atoms with E-state index in [0.29, 0.717) is 29.3 Å². The van der Waals surface area contributed by atoms with Gasteiger partial charge >= 0.3 is 0 Å². The quantitative estimate of drug-likeness (QED) is 0.354. The molecule has 37 heavy (non-hydrogen) atoms. The number of aromatic nitrogens is 4. The molecule has 0 radical (unpaired) electrons. The van der Waals surface area contributed by atoms with E-state index in [1.54, 1.807) is 24.8 Å². The fourth-order valence-corrected chi connectivity index (χ4v) is 5.41. The van der Waals surface area contributed by atoms with Crippen LogP contribution in [-0.4, -0.2) is 69.0 Å². The third kappa shape index (κ3) is 4.81. The summed E-state index contributed by atoms with van der Waals surface area (Å²) in [5, 5.41) is 14.9. The summed E-state index contributed by atoms with van der Waals surface area (Å²) in [6.07, 6.45) is 15.3. The third-order valence-corrected chi connectivity index (χ3v) is 7.64. The lowest BCUT2D eigenvalue weighted by Gasteiger charge is -2.27. The van der Waals surface area contributed by atoms with Crippen LogP contribution >= 0.6 is 0 Å². The molecule has 1 amide bonds. The number of nitrogens with one attached hydrogen (secondary N) is 5. The van der Waals surface area contributed by atoms with Gasteiger partial charge in [-0.15, -0.1) is 0 Å². The highest BCUT2D eigenvalue weighted by Gasteiger charge is 2.50. The van der Waals surface area contributed by atoms with Crippen molar-refractivity contribution in [2.45, 2.75) is 50.4 Å². The standard InChI is InChI=1S/C25H33N11O/c1-16-20(10-17(11-29-16)23(37)28-7-9-36-8-3-4-25(36)5-6-25)32-21-19-14-30-24(33-22(19)35(2)34-21)31-18-12-26-15-27-13-18/h10-16,21,29,32,34H,3-9H2,1-2H3,(H,28,37)(H,30,31,33). The fourth-order valence-electron chi connectivity index (χ4n) is 5.41. The zero-order valence-corrected chi connectivity index (χ0v) is 21.2. The van der Waals surface area contributed by atoms with Gasteiger partial charge in [0.05, 0.1) is 35.3 Å². The Balaban J connectivity index is 1.09. The molecule has 5 N–H and O–H groups in total. The van der Waals surface area contributed by atoms with Crippen LogP contribution in [0.1, 0.15) is 44.3 Å². The summed E-state index contributed by atoms with van der Waals surface area (Å²) in [4.78, 5) is 32.6. The zero-order chi connectivity index (χ0) is 25.4. The first-order chi connectivity index (χ1) is 18.0. The number of hydrazine groups is 1. The largest absolute Gasteiger partial charge is 0.382 e. The minimum Gasteiger partial charge on any atom is -0.382 e. The number of fused-ring (bicyclic) bond motifs is 1. The van der Waals surface area contributed by atoms with E-state index in [9.17, 15) is 4.79 Å². The van der Waals surface area contributed by atoms with Crippen molar-refractivity contribution in [1.29, 1.82) is 0 Å². The first-order valence-electron chi connectivity index (χ1n) is 12.9. The lowest BCUT2D eigenvalue weighted by molar-refractivity contribution is -0.117. The lowest BCUT2D eigenvalue weighted by atomic mass is 10.1.